The second kappa shape index (κ2) is 7.79. The largest absolute Gasteiger partial charge is 0.321 e. The second-order valence-electron chi connectivity index (χ2n) is 7.59. The highest BCUT2D eigenvalue weighted by Crippen LogP contribution is 2.28. The molecule has 1 aromatic heterocycles. The third kappa shape index (κ3) is 3.89. The Kier molecular flexibility index (Phi) is 5.23. The van der Waals surface area contributed by atoms with E-state index in [1.165, 1.54) is 20.2 Å². The average Bonchev–Trinajstić information content (AvgIpc) is 3.28. The Morgan fingerprint density at radius 3 is 2.81 bits per heavy atom. The number of aromatic nitrogens is 1. The van der Waals surface area contributed by atoms with Crippen LogP contribution in [0.5, 0.6) is 0 Å². The summed E-state index contributed by atoms with van der Waals surface area (Å²) in [6, 6.07) is 16.7. The number of fused-ring (bicyclic) bond motifs is 1. The molecule has 140 valence electrons. The Labute approximate surface area is 164 Å². The monoisotopic (exact) mass is 380 g/mol. The predicted octanol–water partition coefficient (Wildman–Crippen LogP) is 3.78. The van der Waals surface area contributed by atoms with Crippen LogP contribution in [0.4, 0.5) is 5.69 Å². The molecule has 27 heavy (non-hydrogen) atoms. The Balaban J connectivity index is 1.47. The van der Waals surface area contributed by atoms with Gasteiger partial charge in [-0.05, 0) is 29.7 Å². The predicted molar refractivity (Wildman–Crippen MR) is 111 cm³/mol. The minimum absolute atomic E-state index is 0.0890. The molecule has 4 nitrogen and oxygen atoms in total. The highest BCUT2D eigenvalue weighted by Gasteiger charge is 2.34. The summed E-state index contributed by atoms with van der Waals surface area (Å²) in [5.74, 6) is 0.474. The quantitative estimate of drug-likeness (QED) is 0.708. The fourth-order valence-corrected chi connectivity index (χ4v) is 5.14. The molecule has 5 heteroatoms. The van der Waals surface area contributed by atoms with Crippen LogP contribution >= 0.6 is 11.3 Å². The van der Waals surface area contributed by atoms with E-state index in [0.717, 1.165) is 30.6 Å². The van der Waals surface area contributed by atoms with E-state index < -0.39 is 0 Å². The number of hydrogen-bond acceptors (Lipinski definition) is 3. The van der Waals surface area contributed by atoms with E-state index in [-0.39, 0.29) is 5.91 Å². The van der Waals surface area contributed by atoms with Crippen molar-refractivity contribution in [1.82, 2.24) is 4.98 Å². The van der Waals surface area contributed by atoms with Gasteiger partial charge in [0, 0.05) is 18.5 Å². The number of carbonyl (C=O) groups excluding carboxylic acids is 1. The number of nitrogens with zero attached hydrogens (tertiary/aromatic N) is 1. The Hall–Kier alpha value is -2.24. The molecule has 2 atom stereocenters. The number of thiazole rings is 1. The molecule has 1 unspecified atom stereocenters. The van der Waals surface area contributed by atoms with Crippen molar-refractivity contribution in [2.24, 2.45) is 0 Å². The van der Waals surface area contributed by atoms with Gasteiger partial charge < -0.3 is 10.2 Å². The number of hydrogen-bond donors (Lipinski definition) is 2. The van der Waals surface area contributed by atoms with Crippen LogP contribution in [0.2, 0.25) is 0 Å². The zero-order valence-electron chi connectivity index (χ0n) is 15.9. The number of rotatable bonds is 5. The lowest BCUT2D eigenvalue weighted by molar-refractivity contribution is -0.910. The summed E-state index contributed by atoms with van der Waals surface area (Å²) in [7, 11) is 0. The molecule has 2 heterocycles. The molecule has 0 bridgehead atoms. The minimum Gasteiger partial charge on any atom is -0.321 e. The number of likely N-dealkylation sites (tertiary alicyclic amines) is 1. The van der Waals surface area contributed by atoms with Crippen molar-refractivity contribution in [3.05, 3.63) is 59.1 Å². The van der Waals surface area contributed by atoms with E-state index in [1.54, 1.807) is 11.3 Å². The molecule has 0 radical (unpaired) electrons. The fraction of sp³-hybridized carbons (Fsp3) is 0.364. The van der Waals surface area contributed by atoms with Crippen molar-refractivity contribution in [3.8, 4) is 0 Å². The molecule has 1 fully saturated rings. The first-order valence-corrected chi connectivity index (χ1v) is 10.5. The summed E-state index contributed by atoms with van der Waals surface area (Å²) < 4.78 is 1.23. The van der Waals surface area contributed by atoms with Gasteiger partial charge in [-0.15, -0.1) is 11.3 Å². The van der Waals surface area contributed by atoms with Gasteiger partial charge in [0.2, 0.25) is 0 Å². The number of benzene rings is 2. The summed E-state index contributed by atoms with van der Waals surface area (Å²) in [6.07, 6.45) is 2.25. The second-order valence-corrected chi connectivity index (χ2v) is 8.65. The van der Waals surface area contributed by atoms with Crippen LogP contribution < -0.4 is 10.2 Å². The maximum Gasteiger partial charge on any atom is 0.279 e. The minimum atomic E-state index is 0.0890. The van der Waals surface area contributed by atoms with E-state index >= 15 is 0 Å². The lowest BCUT2D eigenvalue weighted by atomic mass is 10.0. The summed E-state index contributed by atoms with van der Waals surface area (Å²) in [5.41, 5.74) is 3.19. The smallest absolute Gasteiger partial charge is 0.279 e. The van der Waals surface area contributed by atoms with Gasteiger partial charge in [0.05, 0.1) is 16.8 Å². The number of anilines is 1. The first-order valence-electron chi connectivity index (χ1n) is 9.70. The highest BCUT2D eigenvalue weighted by atomic mass is 32.1. The van der Waals surface area contributed by atoms with Gasteiger partial charge in [-0.3, -0.25) is 4.79 Å². The maximum atomic E-state index is 12.7. The summed E-state index contributed by atoms with van der Waals surface area (Å²) >= 11 is 1.77. The van der Waals surface area contributed by atoms with Crippen LogP contribution in [0.15, 0.2) is 48.5 Å². The van der Waals surface area contributed by atoms with Crippen LogP contribution in [0, 0.1) is 0 Å². The third-order valence-electron chi connectivity index (χ3n) is 5.34. The van der Waals surface area contributed by atoms with Gasteiger partial charge in [-0.1, -0.05) is 44.2 Å². The van der Waals surface area contributed by atoms with Crippen molar-refractivity contribution >= 4 is 33.1 Å². The van der Waals surface area contributed by atoms with Gasteiger partial charge in [0.25, 0.3) is 5.91 Å². The van der Waals surface area contributed by atoms with E-state index in [9.17, 15) is 4.79 Å². The van der Waals surface area contributed by atoms with Crippen LogP contribution in [0.3, 0.4) is 0 Å². The van der Waals surface area contributed by atoms with Crippen LogP contribution in [-0.4, -0.2) is 24.0 Å². The van der Waals surface area contributed by atoms with Crippen LogP contribution in [0.1, 0.15) is 49.2 Å². The van der Waals surface area contributed by atoms with Gasteiger partial charge in [-0.2, -0.15) is 0 Å². The number of quaternary nitrogens is 1. The molecule has 2 aromatic carbocycles. The van der Waals surface area contributed by atoms with Crippen molar-refractivity contribution in [1.29, 1.82) is 0 Å². The SMILES string of the molecule is CC(C)c1ccccc1NC(=O)C[NH+]1CCC[C@@H]1c1nc2ccccc2s1. The Morgan fingerprint density at radius 1 is 1.22 bits per heavy atom. The normalized spacial score (nSPS) is 19.7. The number of amides is 1. The fourth-order valence-electron chi connectivity index (χ4n) is 3.98. The molecule has 2 N–H and O–H groups in total. The Morgan fingerprint density at radius 2 is 2.00 bits per heavy atom. The zero-order valence-corrected chi connectivity index (χ0v) is 16.7. The first-order chi connectivity index (χ1) is 13.1. The molecule has 3 aromatic rings. The zero-order chi connectivity index (χ0) is 18.8. The molecule has 1 aliphatic rings. The molecule has 1 saturated heterocycles. The molecule has 0 spiro atoms. The van der Waals surface area contributed by atoms with E-state index in [4.69, 9.17) is 4.98 Å². The number of carbonyl (C=O) groups is 1. The molecular formula is C22H26N3OS+. The topological polar surface area (TPSA) is 46.4 Å². The lowest BCUT2D eigenvalue weighted by Crippen LogP contribution is -3.11. The first kappa shape index (κ1) is 18.1. The van der Waals surface area contributed by atoms with Crippen molar-refractivity contribution < 1.29 is 9.69 Å². The lowest BCUT2D eigenvalue weighted by Gasteiger charge is -2.20. The van der Waals surface area contributed by atoms with Gasteiger partial charge in [-0.25, -0.2) is 4.98 Å². The Bertz CT molecular complexity index is 916. The summed E-state index contributed by atoms with van der Waals surface area (Å²) in [5, 5.41) is 4.31. The van der Waals surface area contributed by atoms with Gasteiger partial charge in [0.1, 0.15) is 6.04 Å². The maximum absolute atomic E-state index is 12.7. The summed E-state index contributed by atoms with van der Waals surface area (Å²) in [6.45, 7) is 5.83. The van der Waals surface area contributed by atoms with Crippen LogP contribution in [0.25, 0.3) is 10.2 Å². The third-order valence-corrected chi connectivity index (χ3v) is 6.49. The average molecular weight is 381 g/mol. The highest BCUT2D eigenvalue weighted by molar-refractivity contribution is 7.18. The van der Waals surface area contributed by atoms with Crippen molar-refractivity contribution in [2.45, 2.75) is 38.6 Å². The van der Waals surface area contributed by atoms with Crippen LogP contribution in [-0.2, 0) is 4.79 Å². The van der Waals surface area contributed by atoms with Crippen molar-refractivity contribution in [3.63, 3.8) is 0 Å². The molecule has 0 saturated carbocycles. The summed E-state index contributed by atoms with van der Waals surface area (Å²) in [4.78, 5) is 18.9. The molecule has 4 rings (SSSR count). The van der Waals surface area contributed by atoms with Gasteiger partial charge >= 0.3 is 0 Å². The molecule has 1 aliphatic heterocycles. The standard InChI is InChI=1S/C22H25N3OS/c1-15(2)16-8-3-4-9-17(16)23-21(26)14-25-13-7-11-19(25)22-24-18-10-5-6-12-20(18)27-22/h3-6,8-10,12,15,19H,7,11,13-14H2,1-2H3,(H,23,26)/p+1/t19-/m1/s1. The van der Waals surface area contributed by atoms with E-state index in [0.29, 0.717) is 18.5 Å². The molecular weight excluding hydrogens is 354 g/mol. The molecule has 1 amide bonds. The number of para-hydroxylation sites is 2. The molecule has 0 aliphatic carbocycles. The van der Waals surface area contributed by atoms with E-state index in [2.05, 4.69) is 43.4 Å². The van der Waals surface area contributed by atoms with E-state index in [1.807, 2.05) is 24.3 Å². The number of nitrogens with one attached hydrogen (secondary N) is 2. The van der Waals surface area contributed by atoms with Gasteiger partial charge in [0.15, 0.2) is 11.6 Å². The van der Waals surface area contributed by atoms with Crippen molar-refractivity contribution in [2.75, 3.05) is 18.4 Å².